The van der Waals surface area contributed by atoms with Crippen molar-refractivity contribution < 1.29 is 14.7 Å². The Morgan fingerprint density at radius 1 is 1.14 bits per heavy atom. The van der Waals surface area contributed by atoms with Gasteiger partial charge in [-0.25, -0.2) is 4.79 Å². The van der Waals surface area contributed by atoms with Crippen LogP contribution >= 0.6 is 0 Å². The van der Waals surface area contributed by atoms with Gasteiger partial charge in [-0.05, 0) is 19.4 Å². The van der Waals surface area contributed by atoms with Crippen molar-refractivity contribution in [3.63, 3.8) is 0 Å². The van der Waals surface area contributed by atoms with Crippen molar-refractivity contribution in [1.82, 2.24) is 4.98 Å². The van der Waals surface area contributed by atoms with Crippen molar-refractivity contribution in [3.8, 4) is 0 Å². The van der Waals surface area contributed by atoms with E-state index in [-0.39, 0.29) is 11.6 Å². The molecule has 0 saturated heterocycles. The minimum absolute atomic E-state index is 0.0421. The Labute approximate surface area is 126 Å². The lowest BCUT2D eigenvalue weighted by Crippen LogP contribution is -2.13. The average Bonchev–Trinajstić information content (AvgIpc) is 2.78. The largest absolute Gasteiger partial charge is 0.477 e. The van der Waals surface area contributed by atoms with Gasteiger partial charge in [-0.3, -0.25) is 4.79 Å². The van der Waals surface area contributed by atoms with Gasteiger partial charge in [0.15, 0.2) is 0 Å². The standard InChI is InChI=1S/C16H26N2O3/c1-3-4-5-6-7-8-9-10-14(19)18-13-11-12(2)17-15(13)16(20)21/h11,17H,3-10H2,1-2H3,(H,18,19)(H,20,21). The highest BCUT2D eigenvalue weighted by molar-refractivity contribution is 5.99. The number of aromatic nitrogens is 1. The number of unbranched alkanes of at least 4 members (excludes halogenated alkanes) is 6. The molecule has 0 atom stereocenters. The van der Waals surface area contributed by atoms with Gasteiger partial charge in [-0.2, -0.15) is 0 Å². The first-order valence-electron chi connectivity index (χ1n) is 7.77. The van der Waals surface area contributed by atoms with E-state index in [1.165, 1.54) is 25.7 Å². The number of aromatic amines is 1. The molecule has 118 valence electrons. The van der Waals surface area contributed by atoms with Gasteiger partial charge in [0.1, 0.15) is 5.69 Å². The molecule has 1 aromatic heterocycles. The molecule has 3 N–H and O–H groups in total. The summed E-state index contributed by atoms with van der Waals surface area (Å²) < 4.78 is 0. The van der Waals surface area contributed by atoms with Crippen LogP contribution < -0.4 is 5.32 Å². The second kappa shape index (κ2) is 9.21. The number of aromatic carboxylic acids is 1. The minimum atomic E-state index is -1.06. The van der Waals surface area contributed by atoms with Crippen molar-refractivity contribution in [1.29, 1.82) is 0 Å². The van der Waals surface area contributed by atoms with Gasteiger partial charge in [-0.1, -0.05) is 45.4 Å². The van der Waals surface area contributed by atoms with Gasteiger partial charge in [-0.15, -0.1) is 0 Å². The van der Waals surface area contributed by atoms with Crippen LogP contribution in [-0.2, 0) is 4.79 Å². The number of carbonyl (C=O) groups excluding carboxylic acids is 1. The first-order valence-corrected chi connectivity index (χ1v) is 7.77. The second-order valence-electron chi connectivity index (χ2n) is 5.47. The fourth-order valence-electron chi connectivity index (χ4n) is 2.31. The average molecular weight is 294 g/mol. The Balaban J connectivity index is 2.26. The van der Waals surface area contributed by atoms with E-state index in [0.717, 1.165) is 25.0 Å². The summed E-state index contributed by atoms with van der Waals surface area (Å²) in [4.78, 5) is 25.6. The lowest BCUT2D eigenvalue weighted by atomic mass is 10.1. The molecule has 1 rings (SSSR count). The Hall–Kier alpha value is -1.78. The molecule has 5 heteroatoms. The Morgan fingerprint density at radius 2 is 1.76 bits per heavy atom. The molecule has 0 saturated carbocycles. The zero-order valence-corrected chi connectivity index (χ0v) is 13.0. The molecular weight excluding hydrogens is 268 g/mol. The molecule has 1 heterocycles. The molecule has 0 radical (unpaired) electrons. The number of hydrogen-bond acceptors (Lipinski definition) is 2. The highest BCUT2D eigenvalue weighted by atomic mass is 16.4. The van der Waals surface area contributed by atoms with Crippen LogP contribution in [0.25, 0.3) is 0 Å². The number of carboxylic acid groups (broad SMARTS) is 1. The van der Waals surface area contributed by atoms with E-state index >= 15 is 0 Å². The molecule has 5 nitrogen and oxygen atoms in total. The monoisotopic (exact) mass is 294 g/mol. The predicted molar refractivity (Wildman–Crippen MR) is 83.7 cm³/mol. The maximum atomic E-state index is 11.8. The van der Waals surface area contributed by atoms with Crippen LogP contribution in [-0.4, -0.2) is 22.0 Å². The van der Waals surface area contributed by atoms with Gasteiger partial charge in [0, 0.05) is 12.1 Å². The van der Waals surface area contributed by atoms with Crippen LogP contribution in [0.4, 0.5) is 5.69 Å². The second-order valence-corrected chi connectivity index (χ2v) is 5.47. The molecule has 0 spiro atoms. The van der Waals surface area contributed by atoms with E-state index in [4.69, 9.17) is 5.11 Å². The number of hydrogen-bond donors (Lipinski definition) is 3. The highest BCUT2D eigenvalue weighted by Crippen LogP contribution is 2.17. The van der Waals surface area contributed by atoms with Gasteiger partial charge in [0.05, 0.1) is 5.69 Å². The first kappa shape index (κ1) is 17.3. The lowest BCUT2D eigenvalue weighted by Gasteiger charge is -2.04. The summed E-state index contributed by atoms with van der Waals surface area (Å²) in [5.41, 5.74) is 1.12. The van der Waals surface area contributed by atoms with Gasteiger partial charge in [0.2, 0.25) is 5.91 Å². The third-order valence-corrected chi connectivity index (χ3v) is 3.45. The Morgan fingerprint density at radius 3 is 2.38 bits per heavy atom. The molecule has 0 aliphatic heterocycles. The summed E-state index contributed by atoms with van der Waals surface area (Å²) in [7, 11) is 0. The van der Waals surface area contributed by atoms with E-state index in [1.54, 1.807) is 13.0 Å². The van der Waals surface area contributed by atoms with Crippen molar-refractivity contribution in [2.75, 3.05) is 5.32 Å². The molecule has 0 fully saturated rings. The van der Waals surface area contributed by atoms with E-state index in [2.05, 4.69) is 17.2 Å². The van der Waals surface area contributed by atoms with Gasteiger partial charge in [0.25, 0.3) is 0 Å². The maximum absolute atomic E-state index is 11.8. The summed E-state index contributed by atoms with van der Waals surface area (Å²) in [6, 6.07) is 1.64. The molecule has 21 heavy (non-hydrogen) atoms. The molecule has 0 aromatic carbocycles. The highest BCUT2D eigenvalue weighted by Gasteiger charge is 2.14. The number of rotatable bonds is 10. The predicted octanol–water partition coefficient (Wildman–Crippen LogP) is 4.10. The Bertz CT molecular complexity index is 466. The van der Waals surface area contributed by atoms with Crippen molar-refractivity contribution in [3.05, 3.63) is 17.5 Å². The topological polar surface area (TPSA) is 82.2 Å². The van der Waals surface area contributed by atoms with Crippen molar-refractivity contribution >= 4 is 17.6 Å². The number of amides is 1. The number of anilines is 1. The molecule has 0 aliphatic carbocycles. The molecule has 1 aromatic rings. The first-order chi connectivity index (χ1) is 10.0. The number of aryl methyl sites for hydroxylation is 1. The number of H-pyrrole nitrogens is 1. The molecular formula is C16H26N2O3. The summed E-state index contributed by atoms with van der Waals surface area (Å²) in [5.74, 6) is -1.18. The van der Waals surface area contributed by atoms with Crippen molar-refractivity contribution in [2.24, 2.45) is 0 Å². The van der Waals surface area contributed by atoms with E-state index in [1.807, 2.05) is 0 Å². The quantitative estimate of drug-likeness (QED) is 0.568. The summed E-state index contributed by atoms with van der Waals surface area (Å²) in [6.45, 7) is 3.96. The zero-order chi connectivity index (χ0) is 15.7. The van der Waals surface area contributed by atoms with Crippen LogP contribution in [0.5, 0.6) is 0 Å². The van der Waals surface area contributed by atoms with Gasteiger partial charge < -0.3 is 15.4 Å². The van der Waals surface area contributed by atoms with Crippen molar-refractivity contribution in [2.45, 2.75) is 65.2 Å². The summed E-state index contributed by atoms with van der Waals surface area (Å²) in [6.07, 6.45) is 8.53. The van der Waals surface area contributed by atoms with E-state index in [9.17, 15) is 9.59 Å². The van der Waals surface area contributed by atoms with Crippen LogP contribution in [0.3, 0.4) is 0 Å². The SMILES string of the molecule is CCCCCCCCCC(=O)Nc1cc(C)[nH]c1C(=O)O. The van der Waals surface area contributed by atoms with Gasteiger partial charge >= 0.3 is 5.97 Å². The number of carbonyl (C=O) groups is 2. The van der Waals surface area contributed by atoms with E-state index in [0.29, 0.717) is 12.1 Å². The molecule has 1 amide bonds. The third kappa shape index (κ3) is 6.47. The van der Waals surface area contributed by atoms with Crippen LogP contribution in [0.2, 0.25) is 0 Å². The maximum Gasteiger partial charge on any atom is 0.354 e. The molecule has 0 bridgehead atoms. The molecule has 0 unspecified atom stereocenters. The fraction of sp³-hybridized carbons (Fsp3) is 0.625. The summed E-state index contributed by atoms with van der Waals surface area (Å²) >= 11 is 0. The third-order valence-electron chi connectivity index (χ3n) is 3.45. The molecule has 0 aliphatic rings. The van der Waals surface area contributed by atoms with Crippen LogP contribution in [0.1, 0.15) is 74.5 Å². The fourth-order valence-corrected chi connectivity index (χ4v) is 2.31. The number of carboxylic acids is 1. The smallest absolute Gasteiger partial charge is 0.354 e. The van der Waals surface area contributed by atoms with E-state index < -0.39 is 5.97 Å². The lowest BCUT2D eigenvalue weighted by molar-refractivity contribution is -0.116. The minimum Gasteiger partial charge on any atom is -0.477 e. The van der Waals surface area contributed by atoms with Crippen LogP contribution in [0, 0.1) is 6.92 Å². The Kier molecular flexibility index (Phi) is 7.58. The summed E-state index contributed by atoms with van der Waals surface area (Å²) in [5, 5.41) is 11.7. The number of nitrogens with one attached hydrogen (secondary N) is 2. The normalized spacial score (nSPS) is 10.6. The zero-order valence-electron chi connectivity index (χ0n) is 13.0. The van der Waals surface area contributed by atoms with Crippen LogP contribution in [0.15, 0.2) is 6.07 Å².